The lowest BCUT2D eigenvalue weighted by atomic mass is 10.3. The molecule has 0 aliphatic carbocycles. The van der Waals surface area contributed by atoms with Gasteiger partial charge in [0.25, 0.3) is 0 Å². The Balaban J connectivity index is 3.80. The molecule has 0 aliphatic rings. The van der Waals surface area contributed by atoms with E-state index in [0.29, 0.717) is 6.04 Å². The Kier molecular flexibility index (Phi) is 5.51. The molecule has 2 nitrogen and oxygen atoms in total. The third kappa shape index (κ3) is 3.55. The van der Waals surface area contributed by atoms with Crippen molar-refractivity contribution < 1.29 is 9.22 Å². The second kappa shape index (κ2) is 5.55. The van der Waals surface area contributed by atoms with Gasteiger partial charge in [-0.2, -0.15) is 0 Å². The maximum Gasteiger partial charge on any atom is 0.183 e. The van der Waals surface area contributed by atoms with Crippen LogP contribution in [-0.2, 0) is 4.74 Å². The quantitative estimate of drug-likeness (QED) is 0.341. The van der Waals surface area contributed by atoms with Gasteiger partial charge in [0, 0.05) is 0 Å². The van der Waals surface area contributed by atoms with Crippen molar-refractivity contribution in [1.29, 1.82) is 0 Å². The van der Waals surface area contributed by atoms with E-state index < -0.39 is 0 Å². The first-order valence-electron chi connectivity index (χ1n) is 4.98. The van der Waals surface area contributed by atoms with Gasteiger partial charge in [0.2, 0.25) is 0 Å². The topological polar surface area (TPSA) is 9.23 Å². The van der Waals surface area contributed by atoms with E-state index in [1.165, 1.54) is 0 Å². The predicted octanol–water partition coefficient (Wildman–Crippen LogP) is 2.25. The molecular formula is C10H24NO+. The number of rotatable bonds is 6. The van der Waals surface area contributed by atoms with Gasteiger partial charge < -0.3 is 9.22 Å². The van der Waals surface area contributed by atoms with Crippen molar-refractivity contribution >= 4 is 0 Å². The van der Waals surface area contributed by atoms with Crippen LogP contribution in [-0.4, -0.2) is 37.5 Å². The standard InChI is InChI=1S/C10H24NO/c1-6-8-12-9-11(5,7-2)10(3)4/h10H,6-9H2,1-5H3/q+1. The second-order valence-corrected chi connectivity index (χ2v) is 3.93. The van der Waals surface area contributed by atoms with Crippen molar-refractivity contribution in [3.63, 3.8) is 0 Å². The monoisotopic (exact) mass is 174 g/mol. The molecule has 0 rings (SSSR count). The lowest BCUT2D eigenvalue weighted by Crippen LogP contribution is -2.50. The predicted molar refractivity (Wildman–Crippen MR) is 53.0 cm³/mol. The van der Waals surface area contributed by atoms with Crippen molar-refractivity contribution in [2.45, 2.75) is 40.2 Å². The van der Waals surface area contributed by atoms with E-state index in [1.807, 2.05) is 0 Å². The molecule has 0 heterocycles. The molecule has 0 N–H and O–H groups in total. The third-order valence-electron chi connectivity index (χ3n) is 2.70. The Morgan fingerprint density at radius 1 is 1.25 bits per heavy atom. The van der Waals surface area contributed by atoms with Gasteiger partial charge in [-0.15, -0.1) is 0 Å². The van der Waals surface area contributed by atoms with Gasteiger partial charge in [0.05, 0.1) is 26.2 Å². The van der Waals surface area contributed by atoms with Crippen molar-refractivity contribution in [3.05, 3.63) is 0 Å². The number of nitrogens with zero attached hydrogens (tertiary/aromatic N) is 1. The van der Waals surface area contributed by atoms with Crippen LogP contribution in [0.3, 0.4) is 0 Å². The van der Waals surface area contributed by atoms with E-state index in [-0.39, 0.29) is 0 Å². The Morgan fingerprint density at radius 3 is 2.17 bits per heavy atom. The molecule has 0 fully saturated rings. The van der Waals surface area contributed by atoms with Gasteiger partial charge in [-0.25, -0.2) is 0 Å². The second-order valence-electron chi connectivity index (χ2n) is 3.93. The van der Waals surface area contributed by atoms with Crippen LogP contribution in [0.5, 0.6) is 0 Å². The molecule has 0 bridgehead atoms. The zero-order valence-corrected chi connectivity index (χ0v) is 9.26. The van der Waals surface area contributed by atoms with E-state index in [0.717, 1.165) is 30.8 Å². The highest BCUT2D eigenvalue weighted by molar-refractivity contribution is 4.38. The van der Waals surface area contributed by atoms with Crippen LogP contribution in [0, 0.1) is 0 Å². The molecule has 74 valence electrons. The van der Waals surface area contributed by atoms with Gasteiger partial charge >= 0.3 is 0 Å². The van der Waals surface area contributed by atoms with E-state index in [1.54, 1.807) is 0 Å². The minimum absolute atomic E-state index is 0.645. The zero-order chi connectivity index (χ0) is 9.61. The summed E-state index contributed by atoms with van der Waals surface area (Å²) >= 11 is 0. The highest BCUT2D eigenvalue weighted by Gasteiger charge is 2.22. The zero-order valence-electron chi connectivity index (χ0n) is 9.26. The van der Waals surface area contributed by atoms with Crippen LogP contribution < -0.4 is 0 Å². The largest absolute Gasteiger partial charge is 0.332 e. The molecular weight excluding hydrogens is 150 g/mol. The molecule has 12 heavy (non-hydrogen) atoms. The van der Waals surface area contributed by atoms with Crippen molar-refractivity contribution in [1.82, 2.24) is 0 Å². The minimum Gasteiger partial charge on any atom is -0.332 e. The Labute approximate surface area is 77.1 Å². The summed E-state index contributed by atoms with van der Waals surface area (Å²) in [6.07, 6.45) is 1.11. The van der Waals surface area contributed by atoms with Crippen LogP contribution in [0.4, 0.5) is 0 Å². The molecule has 0 aromatic rings. The van der Waals surface area contributed by atoms with Crippen LogP contribution in [0.1, 0.15) is 34.1 Å². The first-order valence-corrected chi connectivity index (χ1v) is 4.98. The number of quaternary nitrogens is 1. The van der Waals surface area contributed by atoms with E-state index in [9.17, 15) is 0 Å². The van der Waals surface area contributed by atoms with Crippen LogP contribution in [0.15, 0.2) is 0 Å². The first kappa shape index (κ1) is 11.9. The normalized spacial score (nSPS) is 16.5. The maximum absolute atomic E-state index is 5.57. The molecule has 0 radical (unpaired) electrons. The minimum atomic E-state index is 0.645. The van der Waals surface area contributed by atoms with Crippen LogP contribution >= 0.6 is 0 Å². The summed E-state index contributed by atoms with van der Waals surface area (Å²) in [5, 5.41) is 0. The fourth-order valence-electron chi connectivity index (χ4n) is 1.02. The fourth-order valence-corrected chi connectivity index (χ4v) is 1.02. The molecule has 0 aromatic heterocycles. The molecule has 1 unspecified atom stereocenters. The lowest BCUT2D eigenvalue weighted by molar-refractivity contribution is -0.945. The molecule has 2 heteroatoms. The molecule has 0 amide bonds. The molecule has 0 aromatic carbocycles. The molecule has 0 aliphatic heterocycles. The summed E-state index contributed by atoms with van der Waals surface area (Å²) in [5.41, 5.74) is 0. The first-order chi connectivity index (χ1) is 5.56. The molecule has 0 saturated carbocycles. The number of ether oxygens (including phenoxy) is 1. The van der Waals surface area contributed by atoms with Gasteiger partial charge in [-0.1, -0.05) is 6.92 Å². The van der Waals surface area contributed by atoms with E-state index in [2.05, 4.69) is 34.7 Å². The van der Waals surface area contributed by atoms with Gasteiger partial charge in [-0.3, -0.25) is 0 Å². The lowest BCUT2D eigenvalue weighted by Gasteiger charge is -2.36. The SMILES string of the molecule is CCCOC[N+](C)(CC)C(C)C. The third-order valence-corrected chi connectivity index (χ3v) is 2.70. The van der Waals surface area contributed by atoms with Crippen molar-refractivity contribution in [3.8, 4) is 0 Å². The van der Waals surface area contributed by atoms with Gasteiger partial charge in [0.1, 0.15) is 0 Å². The van der Waals surface area contributed by atoms with Crippen molar-refractivity contribution in [2.75, 3.05) is 26.9 Å². The summed E-state index contributed by atoms with van der Waals surface area (Å²) in [4.78, 5) is 0. The number of hydrogen-bond donors (Lipinski definition) is 0. The number of hydrogen-bond acceptors (Lipinski definition) is 1. The summed E-state index contributed by atoms with van der Waals surface area (Å²) in [7, 11) is 2.25. The highest BCUT2D eigenvalue weighted by atomic mass is 16.5. The smallest absolute Gasteiger partial charge is 0.183 e. The summed E-state index contributed by atoms with van der Waals surface area (Å²) in [6.45, 7) is 11.7. The van der Waals surface area contributed by atoms with E-state index in [4.69, 9.17) is 4.74 Å². The van der Waals surface area contributed by atoms with Crippen molar-refractivity contribution in [2.24, 2.45) is 0 Å². The Hall–Kier alpha value is -0.0800. The maximum atomic E-state index is 5.57. The Morgan fingerprint density at radius 2 is 1.83 bits per heavy atom. The fraction of sp³-hybridized carbons (Fsp3) is 1.00. The molecule has 0 spiro atoms. The molecule has 1 atom stereocenters. The summed E-state index contributed by atoms with van der Waals surface area (Å²) in [6, 6.07) is 0.645. The van der Waals surface area contributed by atoms with Gasteiger partial charge in [0.15, 0.2) is 6.73 Å². The van der Waals surface area contributed by atoms with Crippen LogP contribution in [0.25, 0.3) is 0 Å². The highest BCUT2D eigenvalue weighted by Crippen LogP contribution is 2.09. The average molecular weight is 174 g/mol. The van der Waals surface area contributed by atoms with E-state index >= 15 is 0 Å². The molecule has 0 saturated heterocycles. The summed E-state index contributed by atoms with van der Waals surface area (Å²) in [5.74, 6) is 0. The summed E-state index contributed by atoms with van der Waals surface area (Å²) < 4.78 is 6.59. The van der Waals surface area contributed by atoms with Gasteiger partial charge in [-0.05, 0) is 27.2 Å². The Bertz CT molecular complexity index is 114. The van der Waals surface area contributed by atoms with Crippen LogP contribution in [0.2, 0.25) is 0 Å². The average Bonchev–Trinajstić information content (AvgIpc) is 2.04.